The third-order valence-electron chi connectivity index (χ3n) is 6.62. The molecule has 1 fully saturated rings. The van der Waals surface area contributed by atoms with Gasteiger partial charge in [-0.1, -0.05) is 37.9 Å². The number of nitrogens with zero attached hydrogens (tertiary/aromatic N) is 3. The van der Waals surface area contributed by atoms with E-state index in [4.69, 9.17) is 5.73 Å². The largest absolute Gasteiger partial charge is 0.433 e. The van der Waals surface area contributed by atoms with Crippen molar-refractivity contribution in [2.75, 3.05) is 0 Å². The second-order valence-electron chi connectivity index (χ2n) is 9.30. The standard InChI is InChI=1S/C23H21Br2F5N6/c24-13-7-11-6-12(8-15(11)16(25)9-13)23(31)35-19(17-2-1-3-18(33-17)22(28,29)30)34-20(36-23)32-14-4-5-21(26,27)10-14/h1-3,7,9,12,14H,4-6,8,10,31H2,(H2,32,34,35,36). The van der Waals surface area contributed by atoms with Crippen LogP contribution >= 0.6 is 31.9 Å². The van der Waals surface area contributed by atoms with Gasteiger partial charge in [0.05, 0.1) is 6.04 Å². The Labute approximate surface area is 220 Å². The summed E-state index contributed by atoms with van der Waals surface area (Å²) < 4.78 is 69.3. The minimum absolute atomic E-state index is 0.0120. The molecule has 6 nitrogen and oxygen atoms in total. The number of benzene rings is 1. The molecule has 4 N–H and O–H groups in total. The molecule has 1 aromatic heterocycles. The van der Waals surface area contributed by atoms with Gasteiger partial charge >= 0.3 is 6.18 Å². The minimum Gasteiger partial charge on any atom is -0.319 e. The topological polar surface area (TPSA) is 87.7 Å². The Balaban J connectivity index is 1.53. The molecular weight excluding hydrogens is 615 g/mol. The van der Waals surface area contributed by atoms with Crippen molar-refractivity contribution in [1.82, 2.24) is 15.6 Å². The van der Waals surface area contributed by atoms with E-state index >= 15 is 0 Å². The smallest absolute Gasteiger partial charge is 0.319 e. The van der Waals surface area contributed by atoms with Crippen LogP contribution in [0.5, 0.6) is 0 Å². The van der Waals surface area contributed by atoms with Crippen LogP contribution in [0.1, 0.15) is 41.8 Å². The van der Waals surface area contributed by atoms with Crippen molar-refractivity contribution in [2.45, 2.75) is 56.0 Å². The van der Waals surface area contributed by atoms with Crippen LogP contribution in [0.4, 0.5) is 22.0 Å². The van der Waals surface area contributed by atoms with Crippen molar-refractivity contribution in [3.05, 3.63) is 61.8 Å². The number of aliphatic imine (C=N–C) groups is 2. The molecular formula is C23H21Br2F5N6. The summed E-state index contributed by atoms with van der Waals surface area (Å²) in [6.45, 7) is 0. The van der Waals surface area contributed by atoms with E-state index in [1.807, 2.05) is 12.1 Å². The lowest BCUT2D eigenvalue weighted by atomic mass is 9.97. The molecule has 1 aliphatic heterocycles. The van der Waals surface area contributed by atoms with Crippen molar-refractivity contribution in [1.29, 1.82) is 0 Å². The Morgan fingerprint density at radius 1 is 1.14 bits per heavy atom. The average molecular weight is 636 g/mol. The van der Waals surface area contributed by atoms with Crippen LogP contribution in [0, 0.1) is 5.92 Å². The van der Waals surface area contributed by atoms with Gasteiger partial charge in [0.25, 0.3) is 0 Å². The van der Waals surface area contributed by atoms with E-state index in [2.05, 4.69) is 57.5 Å². The van der Waals surface area contributed by atoms with Crippen molar-refractivity contribution in [3.8, 4) is 0 Å². The molecule has 5 rings (SSSR count). The summed E-state index contributed by atoms with van der Waals surface area (Å²) in [5.41, 5.74) is 7.70. The Morgan fingerprint density at radius 2 is 1.92 bits per heavy atom. The first kappa shape index (κ1) is 25.5. The number of nitrogens with one attached hydrogen (secondary N) is 2. The van der Waals surface area contributed by atoms with Crippen LogP contribution in [-0.4, -0.2) is 34.5 Å². The van der Waals surface area contributed by atoms with Crippen LogP contribution in [0.3, 0.4) is 0 Å². The van der Waals surface area contributed by atoms with E-state index in [-0.39, 0.29) is 36.2 Å². The fourth-order valence-electron chi connectivity index (χ4n) is 4.86. The quantitative estimate of drug-likeness (QED) is 0.408. The molecule has 192 valence electrons. The van der Waals surface area contributed by atoms with Crippen LogP contribution in [0.25, 0.3) is 0 Å². The number of amidine groups is 1. The monoisotopic (exact) mass is 634 g/mol. The summed E-state index contributed by atoms with van der Waals surface area (Å²) in [6.07, 6.45) is -4.09. The van der Waals surface area contributed by atoms with E-state index in [9.17, 15) is 22.0 Å². The molecule has 3 atom stereocenters. The van der Waals surface area contributed by atoms with Crippen LogP contribution < -0.4 is 16.4 Å². The molecule has 2 aliphatic carbocycles. The number of fused-ring (bicyclic) bond motifs is 1. The van der Waals surface area contributed by atoms with Gasteiger partial charge in [0.2, 0.25) is 5.92 Å². The number of hydrogen-bond donors (Lipinski definition) is 3. The van der Waals surface area contributed by atoms with Gasteiger partial charge in [-0.2, -0.15) is 13.2 Å². The highest BCUT2D eigenvalue weighted by Crippen LogP contribution is 2.40. The SMILES string of the molecule is NC1(C2Cc3cc(Br)cc(Br)c3C2)N=C(c2cccc(C(F)(F)F)n2)NC(=NC2CCC(F)(F)C2)N1. The Hall–Kier alpha value is -2.12. The van der Waals surface area contributed by atoms with E-state index in [1.165, 1.54) is 12.1 Å². The fourth-order valence-corrected chi connectivity index (χ4v) is 6.34. The van der Waals surface area contributed by atoms with Crippen molar-refractivity contribution < 1.29 is 22.0 Å². The van der Waals surface area contributed by atoms with Gasteiger partial charge in [-0.25, -0.2) is 23.7 Å². The zero-order valence-electron chi connectivity index (χ0n) is 18.6. The molecule has 2 aromatic rings. The molecule has 36 heavy (non-hydrogen) atoms. The molecule has 0 saturated heterocycles. The lowest BCUT2D eigenvalue weighted by molar-refractivity contribution is -0.141. The molecule has 3 aliphatic rings. The number of aromatic nitrogens is 1. The summed E-state index contributed by atoms with van der Waals surface area (Å²) >= 11 is 7.05. The highest BCUT2D eigenvalue weighted by molar-refractivity contribution is 9.11. The predicted molar refractivity (Wildman–Crippen MR) is 132 cm³/mol. The van der Waals surface area contributed by atoms with E-state index < -0.39 is 36.0 Å². The van der Waals surface area contributed by atoms with Gasteiger partial charge in [-0.05, 0) is 54.7 Å². The highest BCUT2D eigenvalue weighted by atomic mass is 79.9. The van der Waals surface area contributed by atoms with E-state index in [0.29, 0.717) is 12.8 Å². The molecule has 0 radical (unpaired) electrons. The fraction of sp³-hybridized carbons (Fsp3) is 0.435. The minimum atomic E-state index is -4.65. The highest BCUT2D eigenvalue weighted by Gasteiger charge is 2.45. The summed E-state index contributed by atoms with van der Waals surface area (Å²) in [6, 6.07) is 6.71. The number of halogens is 7. The second-order valence-corrected chi connectivity index (χ2v) is 11.1. The molecule has 1 aromatic carbocycles. The lowest BCUT2D eigenvalue weighted by Gasteiger charge is -2.38. The van der Waals surface area contributed by atoms with Crippen LogP contribution in [0.2, 0.25) is 0 Å². The van der Waals surface area contributed by atoms with Gasteiger partial charge < -0.3 is 10.6 Å². The molecule has 13 heteroatoms. The summed E-state index contributed by atoms with van der Waals surface area (Å²) in [5.74, 6) is -4.50. The lowest BCUT2D eigenvalue weighted by Crippen LogP contribution is -2.67. The van der Waals surface area contributed by atoms with Gasteiger partial charge in [0, 0.05) is 27.7 Å². The molecule has 0 spiro atoms. The van der Waals surface area contributed by atoms with Gasteiger partial charge in [0.1, 0.15) is 11.4 Å². The molecule has 0 amide bonds. The molecule has 0 bridgehead atoms. The van der Waals surface area contributed by atoms with Crippen molar-refractivity contribution in [2.24, 2.45) is 21.6 Å². The first-order valence-electron chi connectivity index (χ1n) is 11.2. The number of hydrogen-bond acceptors (Lipinski definition) is 4. The molecule has 1 saturated carbocycles. The van der Waals surface area contributed by atoms with Crippen molar-refractivity contribution >= 4 is 43.7 Å². The van der Waals surface area contributed by atoms with Gasteiger partial charge in [-0.15, -0.1) is 0 Å². The van der Waals surface area contributed by atoms with E-state index in [0.717, 1.165) is 26.1 Å². The third kappa shape index (κ3) is 5.14. The Kier molecular flexibility index (Phi) is 6.39. The Morgan fingerprint density at radius 3 is 2.61 bits per heavy atom. The second kappa shape index (κ2) is 9.02. The number of guanidine groups is 1. The number of alkyl halides is 5. The van der Waals surface area contributed by atoms with Crippen molar-refractivity contribution in [3.63, 3.8) is 0 Å². The number of pyridine rings is 1. The zero-order chi connectivity index (χ0) is 25.9. The summed E-state index contributed by atoms with van der Waals surface area (Å²) in [4.78, 5) is 12.7. The normalized spacial score (nSPS) is 28.4. The Bertz CT molecular complexity index is 1260. The van der Waals surface area contributed by atoms with Crippen LogP contribution in [-0.2, 0) is 19.0 Å². The summed E-state index contributed by atoms with van der Waals surface area (Å²) in [7, 11) is 0. The maximum atomic E-state index is 13.8. The maximum absolute atomic E-state index is 13.8. The number of rotatable bonds is 3. The average Bonchev–Trinajstić information content (AvgIpc) is 3.36. The summed E-state index contributed by atoms with van der Waals surface area (Å²) in [5, 5.41) is 5.89. The zero-order valence-corrected chi connectivity index (χ0v) is 21.8. The molecule has 3 unspecified atom stereocenters. The van der Waals surface area contributed by atoms with E-state index in [1.54, 1.807) is 0 Å². The van der Waals surface area contributed by atoms with Crippen LogP contribution in [0.15, 0.2) is 49.3 Å². The first-order chi connectivity index (χ1) is 16.8. The molecule has 2 heterocycles. The van der Waals surface area contributed by atoms with Gasteiger partial charge in [-0.3, -0.25) is 5.73 Å². The first-order valence-corrected chi connectivity index (χ1v) is 12.8. The third-order valence-corrected chi connectivity index (χ3v) is 7.78. The number of nitrogens with two attached hydrogens (primary N) is 1. The maximum Gasteiger partial charge on any atom is 0.433 e. The van der Waals surface area contributed by atoms with Gasteiger partial charge in [0.15, 0.2) is 17.6 Å². The predicted octanol–water partition coefficient (Wildman–Crippen LogP) is 5.14.